The molecule has 0 saturated heterocycles. The summed E-state index contributed by atoms with van der Waals surface area (Å²) in [6.45, 7) is -0.0852. The highest BCUT2D eigenvalue weighted by molar-refractivity contribution is 7.91. The van der Waals surface area contributed by atoms with Crippen LogP contribution in [-0.2, 0) is 9.84 Å². The van der Waals surface area contributed by atoms with Gasteiger partial charge in [0.25, 0.3) is 0 Å². The van der Waals surface area contributed by atoms with E-state index < -0.39 is 15.8 Å². The Bertz CT molecular complexity index is 837. The molecule has 8 nitrogen and oxygen atoms in total. The molecular weight excluding hydrogens is 302 g/mol. The molecule has 0 atom stereocenters. The molecule has 0 fully saturated rings. The minimum Gasteiger partial charge on any atom is -0.476 e. The minimum absolute atomic E-state index is 0.0196. The maximum Gasteiger partial charge on any atom is 0.358 e. The van der Waals surface area contributed by atoms with Crippen LogP contribution in [0.25, 0.3) is 11.3 Å². The second kappa shape index (κ2) is 4.48. The molecule has 0 spiro atoms. The lowest BCUT2D eigenvalue weighted by atomic mass is 10.1. The fourth-order valence-electron chi connectivity index (χ4n) is 2.01. The average Bonchev–Trinajstić information content (AvgIpc) is 3.05. The summed E-state index contributed by atoms with van der Waals surface area (Å²) in [5, 5.41) is 12.2. The molecule has 1 aliphatic rings. The Morgan fingerprint density at radius 1 is 1.33 bits per heavy atom. The number of carboxylic acids is 1. The average molecular weight is 311 g/mol. The normalized spacial score (nSPS) is 13.4. The number of benzene rings is 1. The zero-order valence-corrected chi connectivity index (χ0v) is 11.5. The van der Waals surface area contributed by atoms with Crippen molar-refractivity contribution in [3.05, 3.63) is 23.9 Å². The van der Waals surface area contributed by atoms with Crippen LogP contribution in [0.3, 0.4) is 0 Å². The van der Waals surface area contributed by atoms with E-state index in [9.17, 15) is 13.2 Å². The van der Waals surface area contributed by atoms with Crippen molar-refractivity contribution in [3.8, 4) is 22.8 Å². The van der Waals surface area contributed by atoms with Crippen LogP contribution < -0.4 is 9.47 Å². The number of carbonyl (C=O) groups is 1. The number of rotatable bonds is 3. The number of sulfone groups is 1. The molecule has 0 radical (unpaired) electrons. The number of aromatic nitrogens is 1. The number of carboxylic acid groups (broad SMARTS) is 1. The van der Waals surface area contributed by atoms with Gasteiger partial charge in [0, 0.05) is 17.9 Å². The molecule has 9 heteroatoms. The van der Waals surface area contributed by atoms with E-state index >= 15 is 0 Å². The van der Waals surface area contributed by atoms with Crippen LogP contribution in [0.15, 0.2) is 27.6 Å². The number of nitrogens with zero attached hydrogens (tertiary/aromatic N) is 1. The predicted octanol–water partition coefficient (Wildman–Crippen LogP) is 1.17. The molecule has 2 aromatic rings. The van der Waals surface area contributed by atoms with Crippen molar-refractivity contribution in [2.45, 2.75) is 4.90 Å². The molecule has 0 saturated carbocycles. The number of aromatic carboxylic acids is 1. The van der Waals surface area contributed by atoms with Gasteiger partial charge in [-0.25, -0.2) is 13.2 Å². The van der Waals surface area contributed by atoms with E-state index in [2.05, 4.69) is 5.16 Å². The molecule has 0 aliphatic carbocycles. The van der Waals surface area contributed by atoms with Gasteiger partial charge in [0.05, 0.1) is 0 Å². The Kier molecular flexibility index (Phi) is 2.87. The third-order valence-electron chi connectivity index (χ3n) is 2.86. The fourth-order valence-corrected chi connectivity index (χ4v) is 3.08. The first kappa shape index (κ1) is 13.4. The standard InChI is InChI=1S/C12H9NO7S/c1-21(16,17)11-6(2-3-8-10(11)19-5-18-8)9-4-7(12(14)15)13-20-9/h2-4H,5H2,1H3,(H,14,15). The lowest BCUT2D eigenvalue weighted by Crippen LogP contribution is -2.02. The van der Waals surface area contributed by atoms with Gasteiger partial charge >= 0.3 is 5.97 Å². The highest BCUT2D eigenvalue weighted by Gasteiger charge is 2.29. The van der Waals surface area contributed by atoms with Gasteiger partial charge in [-0.2, -0.15) is 0 Å². The first-order chi connectivity index (χ1) is 9.88. The minimum atomic E-state index is -3.66. The summed E-state index contributed by atoms with van der Waals surface area (Å²) in [7, 11) is -3.66. The summed E-state index contributed by atoms with van der Waals surface area (Å²) in [6.07, 6.45) is 1.02. The van der Waals surface area contributed by atoms with Crippen LogP contribution in [0.1, 0.15) is 10.5 Å². The molecule has 1 aromatic carbocycles. The first-order valence-electron chi connectivity index (χ1n) is 5.71. The first-order valence-corrected chi connectivity index (χ1v) is 7.60. The molecule has 3 rings (SSSR count). The molecule has 0 unspecified atom stereocenters. The molecule has 0 bridgehead atoms. The van der Waals surface area contributed by atoms with Gasteiger partial charge in [-0.3, -0.25) is 0 Å². The highest BCUT2D eigenvalue weighted by Crippen LogP contribution is 2.43. The van der Waals surface area contributed by atoms with E-state index in [1.54, 1.807) is 0 Å². The molecule has 0 amide bonds. The number of hydrogen-bond donors (Lipinski definition) is 1. The van der Waals surface area contributed by atoms with Crippen molar-refractivity contribution in [2.24, 2.45) is 0 Å². The van der Waals surface area contributed by atoms with Crippen molar-refractivity contribution < 1.29 is 32.3 Å². The van der Waals surface area contributed by atoms with Gasteiger partial charge in [-0.1, -0.05) is 5.16 Å². The van der Waals surface area contributed by atoms with E-state index in [-0.39, 0.29) is 34.5 Å². The maximum absolute atomic E-state index is 12.0. The van der Waals surface area contributed by atoms with E-state index in [0.717, 1.165) is 12.3 Å². The smallest absolute Gasteiger partial charge is 0.358 e. The van der Waals surface area contributed by atoms with E-state index in [4.69, 9.17) is 19.1 Å². The zero-order valence-electron chi connectivity index (χ0n) is 10.7. The van der Waals surface area contributed by atoms with Crippen LogP contribution in [0.2, 0.25) is 0 Å². The monoisotopic (exact) mass is 311 g/mol. The van der Waals surface area contributed by atoms with Crippen molar-refractivity contribution in [1.29, 1.82) is 0 Å². The van der Waals surface area contributed by atoms with Gasteiger partial charge in [0.1, 0.15) is 4.90 Å². The van der Waals surface area contributed by atoms with Gasteiger partial charge in [-0.15, -0.1) is 0 Å². The van der Waals surface area contributed by atoms with Gasteiger partial charge < -0.3 is 19.1 Å². The number of fused-ring (bicyclic) bond motifs is 1. The molecule has 1 N–H and O–H groups in total. The summed E-state index contributed by atoms with van der Waals surface area (Å²) in [6, 6.07) is 4.12. The summed E-state index contributed by atoms with van der Waals surface area (Å²) in [4.78, 5) is 10.7. The van der Waals surface area contributed by atoms with E-state index in [0.29, 0.717) is 5.75 Å². The van der Waals surface area contributed by atoms with E-state index in [1.807, 2.05) is 0 Å². The van der Waals surface area contributed by atoms with Crippen molar-refractivity contribution >= 4 is 15.8 Å². The summed E-state index contributed by atoms with van der Waals surface area (Å²) in [5.74, 6) is -0.863. The molecule has 21 heavy (non-hydrogen) atoms. The largest absolute Gasteiger partial charge is 0.476 e. The molecule has 1 aromatic heterocycles. The van der Waals surface area contributed by atoms with Crippen LogP contribution in [0.4, 0.5) is 0 Å². The SMILES string of the molecule is CS(=O)(=O)c1c(-c2cc(C(=O)O)no2)ccc2c1OCO2. The Balaban J connectivity index is 2.25. The second-order valence-corrected chi connectivity index (χ2v) is 6.28. The topological polar surface area (TPSA) is 116 Å². The quantitative estimate of drug-likeness (QED) is 0.898. The third kappa shape index (κ3) is 2.21. The summed E-state index contributed by atoms with van der Waals surface area (Å²) >= 11 is 0. The highest BCUT2D eigenvalue weighted by atomic mass is 32.2. The van der Waals surface area contributed by atoms with Crippen LogP contribution in [-0.4, -0.2) is 37.7 Å². The van der Waals surface area contributed by atoms with Crippen LogP contribution in [0.5, 0.6) is 11.5 Å². The number of ether oxygens (including phenoxy) is 2. The maximum atomic E-state index is 12.0. The molecule has 110 valence electrons. The second-order valence-electron chi connectivity index (χ2n) is 4.33. The third-order valence-corrected chi connectivity index (χ3v) is 4.01. The Morgan fingerprint density at radius 2 is 2.10 bits per heavy atom. The van der Waals surface area contributed by atoms with E-state index in [1.165, 1.54) is 12.1 Å². The fraction of sp³-hybridized carbons (Fsp3) is 0.167. The zero-order chi connectivity index (χ0) is 15.2. The predicted molar refractivity (Wildman–Crippen MR) is 68.1 cm³/mol. The summed E-state index contributed by atoms with van der Waals surface area (Å²) < 4.78 is 39.3. The van der Waals surface area contributed by atoms with Crippen molar-refractivity contribution in [2.75, 3.05) is 13.0 Å². The Hall–Kier alpha value is -2.55. The number of hydrogen-bond acceptors (Lipinski definition) is 7. The van der Waals surface area contributed by atoms with Crippen LogP contribution >= 0.6 is 0 Å². The van der Waals surface area contributed by atoms with Gasteiger partial charge in [0.2, 0.25) is 6.79 Å². The summed E-state index contributed by atoms with van der Waals surface area (Å²) in [5.41, 5.74) is -0.149. The molecule has 1 aliphatic heterocycles. The Morgan fingerprint density at radius 3 is 2.71 bits per heavy atom. The lowest BCUT2D eigenvalue weighted by molar-refractivity contribution is 0.0685. The van der Waals surface area contributed by atoms with Crippen LogP contribution in [0, 0.1) is 0 Å². The Labute approximate surface area is 118 Å². The van der Waals surface area contributed by atoms with Gasteiger partial charge in [0.15, 0.2) is 32.8 Å². The molecule has 2 heterocycles. The van der Waals surface area contributed by atoms with Crippen molar-refractivity contribution in [3.63, 3.8) is 0 Å². The van der Waals surface area contributed by atoms with Gasteiger partial charge in [-0.05, 0) is 12.1 Å². The van der Waals surface area contributed by atoms with Crippen molar-refractivity contribution in [1.82, 2.24) is 5.16 Å². The molecular formula is C12H9NO7S. The lowest BCUT2D eigenvalue weighted by Gasteiger charge is -2.08.